The zero-order chi connectivity index (χ0) is 28.1. The van der Waals surface area contributed by atoms with Crippen molar-refractivity contribution in [1.82, 2.24) is 9.55 Å². The van der Waals surface area contributed by atoms with Crippen molar-refractivity contribution in [3.05, 3.63) is 74.7 Å². The van der Waals surface area contributed by atoms with Crippen molar-refractivity contribution in [3.8, 4) is 5.69 Å². The van der Waals surface area contributed by atoms with E-state index >= 15 is 0 Å². The Bertz CT molecular complexity index is 1530. The molecule has 1 aromatic heterocycles. The molecular formula is C20H11ClF9N3O3S. The number of hydrogen-bond donors (Lipinski definition) is 1. The number of aromatic nitrogens is 2. The Morgan fingerprint density at radius 2 is 1.49 bits per heavy atom. The predicted molar refractivity (Wildman–Crippen MR) is 113 cm³/mol. The van der Waals surface area contributed by atoms with Gasteiger partial charge < -0.3 is 5.32 Å². The fraction of sp³-hybridized carbons (Fsp3) is 0.200. The van der Waals surface area contributed by atoms with Crippen LogP contribution in [0.1, 0.15) is 16.8 Å². The van der Waals surface area contributed by atoms with E-state index in [0.717, 1.165) is 24.5 Å². The first kappa shape index (κ1) is 28.3. The van der Waals surface area contributed by atoms with Crippen LogP contribution in [0.3, 0.4) is 0 Å². The fourth-order valence-electron chi connectivity index (χ4n) is 3.03. The van der Waals surface area contributed by atoms with E-state index in [-0.39, 0.29) is 23.1 Å². The maximum atomic E-state index is 13.6. The lowest BCUT2D eigenvalue weighted by Gasteiger charge is -2.20. The van der Waals surface area contributed by atoms with Crippen molar-refractivity contribution in [2.75, 3.05) is 11.6 Å². The Morgan fingerprint density at radius 3 is 1.97 bits per heavy atom. The van der Waals surface area contributed by atoms with Crippen LogP contribution in [0.5, 0.6) is 0 Å². The van der Waals surface area contributed by atoms with E-state index in [2.05, 4.69) is 4.98 Å². The first-order valence-corrected chi connectivity index (χ1v) is 11.7. The molecule has 0 radical (unpaired) electrons. The van der Waals surface area contributed by atoms with Crippen LogP contribution >= 0.6 is 11.6 Å². The van der Waals surface area contributed by atoms with Gasteiger partial charge in [0.25, 0.3) is 5.56 Å². The number of hydrogen-bond acceptors (Lipinski definition) is 5. The summed E-state index contributed by atoms with van der Waals surface area (Å²) in [5, 5.41) is 1.32. The molecule has 0 unspecified atom stereocenters. The van der Waals surface area contributed by atoms with Gasteiger partial charge in [-0.15, -0.1) is 0 Å². The first-order valence-electron chi connectivity index (χ1n) is 9.46. The third-order valence-electron chi connectivity index (χ3n) is 4.70. The van der Waals surface area contributed by atoms with Gasteiger partial charge in [0, 0.05) is 12.3 Å². The molecule has 2 aromatic carbocycles. The normalized spacial score (nSPS) is 13.1. The number of sulfone groups is 1. The molecular weight excluding hydrogens is 569 g/mol. The Kier molecular flexibility index (Phi) is 7.07. The summed E-state index contributed by atoms with van der Waals surface area (Å²) in [5.74, 6) is -1.20. The summed E-state index contributed by atoms with van der Waals surface area (Å²) in [6.07, 6.45) is -15.0. The number of rotatable bonds is 4. The molecule has 0 aliphatic rings. The second-order valence-electron chi connectivity index (χ2n) is 7.40. The second-order valence-corrected chi connectivity index (χ2v) is 9.83. The molecule has 0 aliphatic heterocycles. The van der Waals surface area contributed by atoms with Gasteiger partial charge in [-0.05, 0) is 36.4 Å². The quantitative estimate of drug-likeness (QED) is 0.379. The number of benzene rings is 2. The van der Waals surface area contributed by atoms with Crippen LogP contribution in [-0.2, 0) is 28.4 Å². The highest BCUT2D eigenvalue weighted by Crippen LogP contribution is 2.40. The lowest BCUT2D eigenvalue weighted by Crippen LogP contribution is -2.26. The van der Waals surface area contributed by atoms with E-state index in [9.17, 15) is 52.7 Å². The molecule has 37 heavy (non-hydrogen) atoms. The van der Waals surface area contributed by atoms with Gasteiger partial charge in [0.2, 0.25) is 5.95 Å². The fourth-order valence-corrected chi connectivity index (χ4v) is 4.01. The molecule has 0 saturated carbocycles. The van der Waals surface area contributed by atoms with Crippen LogP contribution in [0, 0.1) is 0 Å². The Hall–Kier alpha value is -3.27. The van der Waals surface area contributed by atoms with E-state index in [1.807, 2.05) is 5.32 Å². The number of nitrogens with one attached hydrogen (secondary N) is 1. The average molecular weight is 580 g/mol. The molecule has 200 valence electrons. The van der Waals surface area contributed by atoms with Crippen molar-refractivity contribution in [2.45, 2.75) is 23.4 Å². The molecule has 0 fully saturated rings. The number of anilines is 2. The van der Waals surface area contributed by atoms with Crippen molar-refractivity contribution < 1.29 is 47.9 Å². The molecule has 1 heterocycles. The summed E-state index contributed by atoms with van der Waals surface area (Å²) >= 11 is 6.01. The maximum absolute atomic E-state index is 13.6. The third-order valence-corrected chi connectivity index (χ3v) is 6.11. The highest BCUT2D eigenvalue weighted by molar-refractivity contribution is 7.90. The van der Waals surface area contributed by atoms with Gasteiger partial charge in [-0.2, -0.15) is 39.5 Å². The number of nitrogens with zero attached hydrogens (tertiary/aromatic N) is 2. The number of halogens is 10. The molecule has 3 aromatic rings. The van der Waals surface area contributed by atoms with Crippen LogP contribution in [0.15, 0.2) is 52.2 Å². The zero-order valence-electron chi connectivity index (χ0n) is 17.8. The molecule has 3 rings (SSSR count). The monoisotopic (exact) mass is 579 g/mol. The summed E-state index contributed by atoms with van der Waals surface area (Å²) in [5.41, 5.74) is -8.59. The van der Waals surface area contributed by atoms with Gasteiger partial charge in [-0.1, -0.05) is 11.6 Å². The summed E-state index contributed by atoms with van der Waals surface area (Å²) in [7, 11) is -3.83. The van der Waals surface area contributed by atoms with E-state index in [1.165, 1.54) is 0 Å². The molecule has 17 heteroatoms. The SMILES string of the molecule is CS(=O)(=O)c1ccc(-n2c(Nc3ccc(C(F)(F)F)cc3C(F)(F)F)nc(C(F)(F)F)cc2=O)c(Cl)c1. The smallest absolute Gasteiger partial charge is 0.325 e. The van der Waals surface area contributed by atoms with E-state index in [1.54, 1.807) is 0 Å². The van der Waals surface area contributed by atoms with Crippen LogP contribution < -0.4 is 10.9 Å². The average Bonchev–Trinajstić information content (AvgIpc) is 2.71. The summed E-state index contributed by atoms with van der Waals surface area (Å²) in [6, 6.07) is 2.91. The lowest BCUT2D eigenvalue weighted by atomic mass is 10.1. The first-order chi connectivity index (χ1) is 16.7. The van der Waals surface area contributed by atoms with E-state index < -0.39 is 73.1 Å². The Balaban J connectivity index is 2.31. The molecule has 0 amide bonds. The molecule has 0 spiro atoms. The minimum absolute atomic E-state index is 0.00338. The largest absolute Gasteiger partial charge is 0.433 e. The zero-order valence-corrected chi connectivity index (χ0v) is 19.4. The topological polar surface area (TPSA) is 81.1 Å². The van der Waals surface area contributed by atoms with Gasteiger partial charge in [-0.3, -0.25) is 4.79 Å². The van der Waals surface area contributed by atoms with Gasteiger partial charge in [0.05, 0.1) is 32.4 Å². The van der Waals surface area contributed by atoms with Gasteiger partial charge in [0.15, 0.2) is 15.5 Å². The van der Waals surface area contributed by atoms with Crippen molar-refractivity contribution in [1.29, 1.82) is 0 Å². The second kappa shape index (κ2) is 9.24. The van der Waals surface area contributed by atoms with Gasteiger partial charge >= 0.3 is 18.5 Å². The predicted octanol–water partition coefficient (Wildman–Crippen LogP) is 6.09. The van der Waals surface area contributed by atoms with E-state index in [0.29, 0.717) is 10.6 Å². The third kappa shape index (κ3) is 6.18. The maximum Gasteiger partial charge on any atom is 0.433 e. The van der Waals surface area contributed by atoms with Crippen LogP contribution in [0.25, 0.3) is 5.69 Å². The highest BCUT2D eigenvalue weighted by atomic mass is 35.5. The van der Waals surface area contributed by atoms with Gasteiger partial charge in [-0.25, -0.2) is 18.0 Å². The molecule has 0 atom stereocenters. The van der Waals surface area contributed by atoms with Crippen LogP contribution in [0.2, 0.25) is 5.02 Å². The number of alkyl halides is 9. The summed E-state index contributed by atoms with van der Waals surface area (Å²) < 4.78 is 143. The standard InChI is InChI=1S/C20H11ClF9N3O3S/c1-37(35,36)10-3-5-14(12(21)7-10)33-16(34)8-15(20(28,29)30)32-17(33)31-13-4-2-9(18(22,23)24)6-11(13)19(25,26)27/h2-8H,1H3,(H,31,32). The molecule has 1 N–H and O–H groups in total. The molecule has 0 aliphatic carbocycles. The lowest BCUT2D eigenvalue weighted by molar-refractivity contribution is -0.143. The van der Waals surface area contributed by atoms with Crippen LogP contribution in [0.4, 0.5) is 51.1 Å². The Morgan fingerprint density at radius 1 is 0.865 bits per heavy atom. The summed E-state index contributed by atoms with van der Waals surface area (Å²) in [4.78, 5) is 15.4. The minimum Gasteiger partial charge on any atom is -0.325 e. The van der Waals surface area contributed by atoms with Crippen LogP contribution in [-0.4, -0.2) is 24.2 Å². The molecule has 6 nitrogen and oxygen atoms in total. The van der Waals surface area contributed by atoms with Crippen molar-refractivity contribution in [2.24, 2.45) is 0 Å². The van der Waals surface area contributed by atoms with Crippen molar-refractivity contribution in [3.63, 3.8) is 0 Å². The molecule has 0 saturated heterocycles. The summed E-state index contributed by atoms with van der Waals surface area (Å²) in [6.45, 7) is 0. The minimum atomic E-state index is -5.41. The Labute approximate surface area is 206 Å². The van der Waals surface area contributed by atoms with Gasteiger partial charge in [0.1, 0.15) is 0 Å². The van der Waals surface area contributed by atoms with E-state index in [4.69, 9.17) is 11.6 Å². The molecule has 0 bridgehead atoms. The highest BCUT2D eigenvalue weighted by Gasteiger charge is 2.39. The van der Waals surface area contributed by atoms with Crippen molar-refractivity contribution >= 4 is 33.1 Å².